The Morgan fingerprint density at radius 3 is 2.28 bits per heavy atom. The van der Waals surface area contributed by atoms with Gasteiger partial charge in [0, 0.05) is 41.4 Å². The molecule has 0 N–H and O–H groups in total. The fraction of sp³-hybridized carbons (Fsp3) is 0.115. The lowest BCUT2D eigenvalue weighted by Crippen LogP contribution is -2.36. The number of Topliss-reactive ketones (excluding diaryl/α,β-unsaturated/α-hetero) is 1. The molecular formula is C26H17Cl4FN2O3. The number of hydrogen-bond acceptors (Lipinski definition) is 4. The van der Waals surface area contributed by atoms with E-state index in [1.54, 1.807) is 48.5 Å². The highest BCUT2D eigenvalue weighted by Gasteiger charge is 2.24. The van der Waals surface area contributed by atoms with E-state index in [4.69, 9.17) is 50.9 Å². The van der Waals surface area contributed by atoms with E-state index in [9.17, 15) is 14.0 Å². The molecule has 3 aromatic carbocycles. The molecule has 0 unspecified atom stereocenters. The molecule has 1 amide bonds. The summed E-state index contributed by atoms with van der Waals surface area (Å²) in [6, 6.07) is 18.9. The maximum atomic E-state index is 13.2. The third-order valence-corrected chi connectivity index (χ3v) is 6.36. The molecule has 0 saturated heterocycles. The van der Waals surface area contributed by atoms with Crippen molar-refractivity contribution in [3.63, 3.8) is 0 Å². The van der Waals surface area contributed by atoms with Crippen LogP contribution in [-0.4, -0.2) is 28.2 Å². The number of ketones is 1. The summed E-state index contributed by atoms with van der Waals surface area (Å²) in [7, 11) is 0. The van der Waals surface area contributed by atoms with Crippen LogP contribution in [0.25, 0.3) is 22.6 Å². The smallest absolute Gasteiger partial charge is 0.260 e. The summed E-state index contributed by atoms with van der Waals surface area (Å²) in [6.45, 7) is 0.00528. The molecule has 0 bridgehead atoms. The molecule has 5 nitrogen and oxygen atoms in total. The first-order chi connectivity index (χ1) is 17.2. The predicted molar refractivity (Wildman–Crippen MR) is 141 cm³/mol. The maximum absolute atomic E-state index is 13.2. The Kier molecular flexibility index (Phi) is 8.32. The second kappa shape index (κ2) is 11.4. The fourth-order valence-electron chi connectivity index (χ4n) is 3.58. The molecule has 0 radical (unpaired) electrons. The highest BCUT2D eigenvalue weighted by Crippen LogP contribution is 2.36. The van der Waals surface area contributed by atoms with Crippen LogP contribution in [0.4, 0.5) is 10.1 Å². The Bertz CT molecular complexity index is 1390. The van der Waals surface area contributed by atoms with Crippen molar-refractivity contribution >= 4 is 63.8 Å². The molecule has 0 fully saturated rings. The molecule has 0 saturated carbocycles. The zero-order valence-corrected chi connectivity index (χ0v) is 21.5. The summed E-state index contributed by atoms with van der Waals surface area (Å²) in [5.74, 6) is -0.893. The normalized spacial score (nSPS) is 11.1. The van der Waals surface area contributed by atoms with Gasteiger partial charge in [0.05, 0.1) is 10.0 Å². The van der Waals surface area contributed by atoms with Crippen molar-refractivity contribution < 1.29 is 18.5 Å². The summed E-state index contributed by atoms with van der Waals surface area (Å²) >= 11 is 24.3. The molecular weight excluding hydrogens is 549 g/mol. The standard InChI is InChI=1S/C26H17Cl4FN2O3/c27-19-5-2-6-20(28)24(19)21-14-23(36-32-21)16-3-1-4-18(13-16)33(26(35)25(29)30)12-11-22(34)15-7-9-17(31)10-8-15/h1-10,13-14,25H,11-12H2. The van der Waals surface area contributed by atoms with Crippen LogP contribution in [0.15, 0.2) is 77.3 Å². The molecule has 4 rings (SSSR count). The highest BCUT2D eigenvalue weighted by molar-refractivity contribution is 6.54. The van der Waals surface area contributed by atoms with Crippen molar-refractivity contribution in [3.05, 3.63) is 94.2 Å². The summed E-state index contributed by atoms with van der Waals surface area (Å²) < 4.78 is 18.7. The molecule has 4 aromatic rings. The molecule has 10 heteroatoms. The van der Waals surface area contributed by atoms with Crippen molar-refractivity contribution in [1.29, 1.82) is 0 Å². The lowest BCUT2D eigenvalue weighted by atomic mass is 10.1. The van der Waals surface area contributed by atoms with E-state index < -0.39 is 16.6 Å². The van der Waals surface area contributed by atoms with E-state index in [1.165, 1.54) is 29.2 Å². The van der Waals surface area contributed by atoms with Gasteiger partial charge in [-0.05, 0) is 48.5 Å². The summed E-state index contributed by atoms with van der Waals surface area (Å²) in [5, 5.41) is 4.93. The Labute approximate surface area is 226 Å². The quantitative estimate of drug-likeness (QED) is 0.161. The average molecular weight is 566 g/mol. The number of carbonyl (C=O) groups is 2. The topological polar surface area (TPSA) is 63.4 Å². The van der Waals surface area contributed by atoms with Gasteiger partial charge < -0.3 is 9.42 Å². The Morgan fingerprint density at radius 1 is 0.944 bits per heavy atom. The molecule has 1 heterocycles. The van der Waals surface area contributed by atoms with Crippen LogP contribution >= 0.6 is 46.4 Å². The number of benzene rings is 3. The van der Waals surface area contributed by atoms with Crippen LogP contribution in [0, 0.1) is 5.82 Å². The van der Waals surface area contributed by atoms with Crippen LogP contribution < -0.4 is 4.90 Å². The van der Waals surface area contributed by atoms with E-state index >= 15 is 0 Å². The number of alkyl halides is 2. The predicted octanol–water partition coefficient (Wildman–Crippen LogP) is 7.86. The largest absolute Gasteiger partial charge is 0.356 e. The third kappa shape index (κ3) is 5.90. The first kappa shape index (κ1) is 26.2. The van der Waals surface area contributed by atoms with Crippen molar-refractivity contribution in [1.82, 2.24) is 5.16 Å². The van der Waals surface area contributed by atoms with Gasteiger partial charge in [-0.15, -0.1) is 0 Å². The van der Waals surface area contributed by atoms with E-state index in [0.29, 0.717) is 43.9 Å². The van der Waals surface area contributed by atoms with Crippen LogP contribution in [-0.2, 0) is 4.79 Å². The van der Waals surface area contributed by atoms with Gasteiger partial charge in [-0.25, -0.2) is 4.39 Å². The van der Waals surface area contributed by atoms with Crippen LogP contribution in [0.3, 0.4) is 0 Å². The highest BCUT2D eigenvalue weighted by atomic mass is 35.5. The molecule has 0 spiro atoms. The second-order valence-electron chi connectivity index (χ2n) is 7.69. The number of anilines is 1. The summed E-state index contributed by atoms with van der Waals surface area (Å²) in [6.07, 6.45) is -0.0282. The number of rotatable bonds is 8. The molecule has 36 heavy (non-hydrogen) atoms. The van der Waals surface area contributed by atoms with Crippen molar-refractivity contribution in [2.75, 3.05) is 11.4 Å². The average Bonchev–Trinajstić information content (AvgIpc) is 3.34. The van der Waals surface area contributed by atoms with E-state index in [0.717, 1.165) is 0 Å². The monoisotopic (exact) mass is 564 g/mol. The third-order valence-electron chi connectivity index (χ3n) is 5.35. The van der Waals surface area contributed by atoms with Crippen molar-refractivity contribution in [3.8, 4) is 22.6 Å². The van der Waals surface area contributed by atoms with Gasteiger partial charge in [0.1, 0.15) is 11.5 Å². The summed E-state index contributed by atoms with van der Waals surface area (Å²) in [4.78, 5) is 25.4. The van der Waals surface area contributed by atoms with Gasteiger partial charge in [-0.3, -0.25) is 9.59 Å². The van der Waals surface area contributed by atoms with Crippen molar-refractivity contribution in [2.24, 2.45) is 0 Å². The molecule has 0 aliphatic rings. The first-order valence-electron chi connectivity index (χ1n) is 10.6. The minimum atomic E-state index is -1.34. The molecule has 184 valence electrons. The number of halogens is 5. The van der Waals surface area contributed by atoms with Gasteiger partial charge in [0.2, 0.25) is 0 Å². The number of aromatic nitrogens is 1. The number of amides is 1. The molecule has 0 aliphatic heterocycles. The van der Waals surface area contributed by atoms with Gasteiger partial charge in [0.25, 0.3) is 5.91 Å². The Balaban J connectivity index is 1.60. The molecule has 1 aromatic heterocycles. The van der Waals surface area contributed by atoms with Gasteiger partial charge in [0.15, 0.2) is 16.4 Å². The zero-order chi connectivity index (χ0) is 25.8. The van der Waals surface area contributed by atoms with E-state index in [2.05, 4.69) is 5.16 Å². The van der Waals surface area contributed by atoms with Crippen LogP contribution in [0.1, 0.15) is 16.8 Å². The van der Waals surface area contributed by atoms with E-state index in [1.807, 2.05) is 0 Å². The second-order valence-corrected chi connectivity index (χ2v) is 9.60. The fourth-order valence-corrected chi connectivity index (χ4v) is 4.40. The molecule has 0 atom stereocenters. The van der Waals surface area contributed by atoms with Crippen LogP contribution in [0.5, 0.6) is 0 Å². The Hall–Kier alpha value is -2.90. The van der Waals surface area contributed by atoms with Gasteiger partial charge >= 0.3 is 0 Å². The lowest BCUT2D eigenvalue weighted by Gasteiger charge is -2.23. The van der Waals surface area contributed by atoms with Gasteiger partial charge in [-0.2, -0.15) is 0 Å². The lowest BCUT2D eigenvalue weighted by molar-refractivity contribution is -0.117. The van der Waals surface area contributed by atoms with Crippen molar-refractivity contribution in [2.45, 2.75) is 11.3 Å². The SMILES string of the molecule is O=C(CCN(C(=O)C(Cl)Cl)c1cccc(-c2cc(-c3c(Cl)cccc3Cl)no2)c1)c1ccc(F)cc1. The molecule has 0 aliphatic carbocycles. The minimum Gasteiger partial charge on any atom is -0.356 e. The minimum absolute atomic E-state index is 0.00528. The maximum Gasteiger partial charge on any atom is 0.260 e. The number of carbonyl (C=O) groups excluding carboxylic acids is 2. The number of nitrogens with zero attached hydrogens (tertiary/aromatic N) is 2. The first-order valence-corrected chi connectivity index (χ1v) is 12.3. The number of hydrogen-bond donors (Lipinski definition) is 0. The zero-order valence-electron chi connectivity index (χ0n) is 18.4. The Morgan fingerprint density at radius 2 is 1.61 bits per heavy atom. The van der Waals surface area contributed by atoms with Crippen LogP contribution in [0.2, 0.25) is 10.0 Å². The summed E-state index contributed by atoms with van der Waals surface area (Å²) in [5.41, 5.74) is 2.38. The van der Waals surface area contributed by atoms with Gasteiger partial charge in [-0.1, -0.05) is 69.8 Å². The van der Waals surface area contributed by atoms with E-state index in [-0.39, 0.29) is 18.7 Å².